The minimum atomic E-state index is -0.139. The Bertz CT molecular complexity index is 1130. The number of aromatic nitrogens is 3. The molecule has 2 aromatic carbocycles. The number of H-pyrrole nitrogens is 1. The fourth-order valence-electron chi connectivity index (χ4n) is 3.06. The van der Waals surface area contributed by atoms with E-state index in [9.17, 15) is 4.79 Å². The molecule has 26 heavy (non-hydrogen) atoms. The van der Waals surface area contributed by atoms with Crippen LogP contribution in [0.4, 0.5) is 0 Å². The molecule has 0 fully saturated rings. The molecular formula is C21H18ClN3O. The van der Waals surface area contributed by atoms with Gasteiger partial charge >= 0.3 is 0 Å². The van der Waals surface area contributed by atoms with Gasteiger partial charge in [0.1, 0.15) is 11.3 Å². The first-order valence-corrected chi connectivity index (χ1v) is 8.89. The molecule has 0 unspecified atom stereocenters. The van der Waals surface area contributed by atoms with Crippen LogP contribution in [-0.4, -0.2) is 14.6 Å². The summed E-state index contributed by atoms with van der Waals surface area (Å²) >= 11 is 6.03. The highest BCUT2D eigenvalue weighted by atomic mass is 35.5. The van der Waals surface area contributed by atoms with Crippen molar-refractivity contribution in [3.8, 4) is 22.4 Å². The van der Waals surface area contributed by atoms with Crippen molar-refractivity contribution in [3.63, 3.8) is 0 Å². The zero-order valence-electron chi connectivity index (χ0n) is 14.5. The molecule has 0 saturated heterocycles. The Kier molecular flexibility index (Phi) is 4.13. The van der Waals surface area contributed by atoms with Crippen LogP contribution >= 0.6 is 11.6 Å². The summed E-state index contributed by atoms with van der Waals surface area (Å²) in [5.41, 5.74) is 5.04. The second kappa shape index (κ2) is 6.46. The standard InChI is InChI=1S/C21H18ClN3O/c1-13(2)17-12-18(26)25-21(23-17)19(14-6-4-3-5-7-14)20(24-25)15-8-10-16(22)11-9-15/h3-13,23H,1-2H3. The van der Waals surface area contributed by atoms with Crippen LogP contribution in [0.2, 0.25) is 5.02 Å². The Balaban J connectivity index is 2.09. The highest BCUT2D eigenvalue weighted by Gasteiger charge is 2.19. The van der Waals surface area contributed by atoms with Gasteiger partial charge in [0, 0.05) is 22.3 Å². The van der Waals surface area contributed by atoms with E-state index in [1.54, 1.807) is 6.07 Å². The van der Waals surface area contributed by atoms with Crippen molar-refractivity contribution in [1.82, 2.24) is 14.6 Å². The van der Waals surface area contributed by atoms with Crippen molar-refractivity contribution in [2.24, 2.45) is 0 Å². The van der Waals surface area contributed by atoms with Gasteiger partial charge in [0.25, 0.3) is 5.56 Å². The van der Waals surface area contributed by atoms with Crippen LogP contribution in [0.1, 0.15) is 25.5 Å². The number of halogens is 1. The van der Waals surface area contributed by atoms with Crippen LogP contribution in [0.5, 0.6) is 0 Å². The zero-order chi connectivity index (χ0) is 18.3. The molecule has 0 saturated carbocycles. The Labute approximate surface area is 156 Å². The number of nitrogens with zero attached hydrogens (tertiary/aromatic N) is 2. The Morgan fingerprint density at radius 1 is 1.00 bits per heavy atom. The number of hydrogen-bond acceptors (Lipinski definition) is 2. The van der Waals surface area contributed by atoms with Crippen molar-refractivity contribution in [2.45, 2.75) is 19.8 Å². The van der Waals surface area contributed by atoms with E-state index in [2.05, 4.69) is 23.9 Å². The number of fused-ring (bicyclic) bond motifs is 1. The molecule has 2 aromatic heterocycles. The summed E-state index contributed by atoms with van der Waals surface area (Å²) in [6.45, 7) is 4.11. The Morgan fingerprint density at radius 2 is 1.69 bits per heavy atom. The highest BCUT2D eigenvalue weighted by molar-refractivity contribution is 6.30. The largest absolute Gasteiger partial charge is 0.343 e. The molecule has 0 aliphatic heterocycles. The van der Waals surface area contributed by atoms with Gasteiger partial charge in [0.15, 0.2) is 0 Å². The second-order valence-corrected chi connectivity index (χ2v) is 7.01. The number of nitrogens with one attached hydrogen (secondary N) is 1. The third kappa shape index (κ3) is 2.82. The second-order valence-electron chi connectivity index (χ2n) is 6.57. The van der Waals surface area contributed by atoms with E-state index in [1.165, 1.54) is 4.52 Å². The van der Waals surface area contributed by atoms with Gasteiger partial charge in [-0.2, -0.15) is 9.61 Å². The smallest absolute Gasteiger partial charge is 0.274 e. The maximum Gasteiger partial charge on any atom is 0.274 e. The number of rotatable bonds is 3. The summed E-state index contributed by atoms with van der Waals surface area (Å²) in [4.78, 5) is 16.1. The van der Waals surface area contributed by atoms with E-state index in [0.717, 1.165) is 28.1 Å². The maximum absolute atomic E-state index is 12.6. The van der Waals surface area contributed by atoms with E-state index >= 15 is 0 Å². The number of aromatic amines is 1. The lowest BCUT2D eigenvalue weighted by Gasteiger charge is -2.07. The summed E-state index contributed by atoms with van der Waals surface area (Å²) in [5, 5.41) is 5.28. The Hall–Kier alpha value is -2.85. The van der Waals surface area contributed by atoms with E-state index in [-0.39, 0.29) is 11.5 Å². The van der Waals surface area contributed by atoms with Crippen molar-refractivity contribution in [2.75, 3.05) is 0 Å². The number of hydrogen-bond donors (Lipinski definition) is 1. The average Bonchev–Trinajstić information content (AvgIpc) is 3.03. The van der Waals surface area contributed by atoms with Gasteiger partial charge in [-0.25, -0.2) is 0 Å². The lowest BCUT2D eigenvalue weighted by atomic mass is 10.0. The van der Waals surface area contributed by atoms with Crippen molar-refractivity contribution >= 4 is 17.2 Å². The van der Waals surface area contributed by atoms with Gasteiger partial charge in [0.05, 0.1) is 5.56 Å². The van der Waals surface area contributed by atoms with E-state index < -0.39 is 0 Å². The molecule has 1 N–H and O–H groups in total. The summed E-state index contributed by atoms with van der Waals surface area (Å²) in [6, 6.07) is 19.1. The minimum Gasteiger partial charge on any atom is -0.343 e. The van der Waals surface area contributed by atoms with Crippen LogP contribution in [0.25, 0.3) is 28.0 Å². The summed E-state index contributed by atoms with van der Waals surface area (Å²) in [5.74, 6) is 0.213. The molecule has 0 aliphatic rings. The summed E-state index contributed by atoms with van der Waals surface area (Å²) in [7, 11) is 0. The topological polar surface area (TPSA) is 50.2 Å². The van der Waals surface area contributed by atoms with Gasteiger partial charge in [-0.1, -0.05) is 67.9 Å². The molecule has 0 spiro atoms. The van der Waals surface area contributed by atoms with Crippen LogP contribution in [-0.2, 0) is 0 Å². The predicted octanol–water partition coefficient (Wildman–Crippen LogP) is 5.13. The van der Waals surface area contributed by atoms with E-state index in [4.69, 9.17) is 11.6 Å². The molecule has 4 nitrogen and oxygen atoms in total. The first kappa shape index (κ1) is 16.6. The average molecular weight is 364 g/mol. The zero-order valence-corrected chi connectivity index (χ0v) is 15.3. The van der Waals surface area contributed by atoms with Gasteiger partial charge in [-0.15, -0.1) is 0 Å². The van der Waals surface area contributed by atoms with Gasteiger partial charge in [-0.3, -0.25) is 4.79 Å². The molecular weight excluding hydrogens is 346 g/mol. The Morgan fingerprint density at radius 3 is 2.35 bits per heavy atom. The van der Waals surface area contributed by atoms with Crippen LogP contribution in [0, 0.1) is 0 Å². The molecule has 4 aromatic rings. The van der Waals surface area contributed by atoms with Crippen molar-refractivity contribution in [3.05, 3.63) is 81.7 Å². The minimum absolute atomic E-state index is 0.139. The lowest BCUT2D eigenvalue weighted by molar-refractivity contribution is 0.797. The third-order valence-corrected chi connectivity index (χ3v) is 4.69. The van der Waals surface area contributed by atoms with Gasteiger partial charge in [0.2, 0.25) is 0 Å². The molecule has 0 bridgehead atoms. The fraction of sp³-hybridized carbons (Fsp3) is 0.143. The molecule has 0 radical (unpaired) electrons. The maximum atomic E-state index is 12.6. The molecule has 130 valence electrons. The van der Waals surface area contributed by atoms with E-state index in [0.29, 0.717) is 10.7 Å². The van der Waals surface area contributed by atoms with Crippen molar-refractivity contribution < 1.29 is 0 Å². The van der Waals surface area contributed by atoms with Crippen LogP contribution < -0.4 is 5.56 Å². The predicted molar refractivity (Wildman–Crippen MR) is 106 cm³/mol. The number of benzene rings is 2. The molecule has 4 rings (SSSR count). The first-order chi connectivity index (χ1) is 12.5. The molecule has 2 heterocycles. The van der Waals surface area contributed by atoms with Crippen LogP contribution in [0.15, 0.2) is 65.5 Å². The molecule has 0 amide bonds. The monoisotopic (exact) mass is 363 g/mol. The quantitative estimate of drug-likeness (QED) is 0.548. The normalized spacial score (nSPS) is 11.4. The van der Waals surface area contributed by atoms with Gasteiger partial charge in [-0.05, 0) is 23.6 Å². The van der Waals surface area contributed by atoms with Gasteiger partial charge < -0.3 is 4.98 Å². The molecule has 0 aliphatic carbocycles. The van der Waals surface area contributed by atoms with E-state index in [1.807, 2.05) is 54.6 Å². The lowest BCUT2D eigenvalue weighted by Crippen LogP contribution is -2.16. The fourth-order valence-corrected chi connectivity index (χ4v) is 3.19. The van der Waals surface area contributed by atoms with Crippen LogP contribution in [0.3, 0.4) is 0 Å². The summed E-state index contributed by atoms with van der Waals surface area (Å²) < 4.78 is 1.44. The SMILES string of the molecule is CC(C)c1cc(=O)n2nc(-c3ccc(Cl)cc3)c(-c3ccccc3)c2[nH]1. The molecule has 0 atom stereocenters. The highest BCUT2D eigenvalue weighted by Crippen LogP contribution is 2.34. The van der Waals surface area contributed by atoms with Crippen molar-refractivity contribution in [1.29, 1.82) is 0 Å². The first-order valence-electron chi connectivity index (χ1n) is 8.52. The third-order valence-electron chi connectivity index (χ3n) is 4.44. The summed E-state index contributed by atoms with van der Waals surface area (Å²) in [6.07, 6.45) is 0. The molecule has 5 heteroatoms.